The van der Waals surface area contributed by atoms with Gasteiger partial charge in [-0.15, -0.1) is 0 Å². The zero-order chi connectivity index (χ0) is 19.1. The van der Waals surface area contributed by atoms with Gasteiger partial charge in [0.1, 0.15) is 0 Å². The van der Waals surface area contributed by atoms with Crippen molar-refractivity contribution >= 4 is 17.5 Å². The van der Waals surface area contributed by atoms with Crippen LogP contribution in [0.5, 0.6) is 0 Å². The first-order chi connectivity index (χ1) is 12.3. The molecule has 0 saturated carbocycles. The normalized spacial score (nSPS) is 10.7. The van der Waals surface area contributed by atoms with E-state index in [1.54, 1.807) is 4.90 Å². The number of rotatable bonds is 7. The largest absolute Gasteiger partial charge is 0.338 e. The second-order valence-corrected chi connectivity index (χ2v) is 7.00. The highest BCUT2D eigenvalue weighted by molar-refractivity contribution is 5.91. The molecule has 0 saturated heterocycles. The molecule has 2 rings (SSSR count). The number of hydrogen-bond acceptors (Lipinski definition) is 2. The molecular weight excluding hydrogens is 324 g/mol. The summed E-state index contributed by atoms with van der Waals surface area (Å²) in [5, 5.41) is 2.90. The number of nitrogens with zero attached hydrogens (tertiary/aromatic N) is 1. The average molecular weight is 352 g/mol. The molecule has 0 atom stereocenters. The number of carbonyl (C=O) groups is 2. The minimum Gasteiger partial charge on any atom is -0.338 e. The highest BCUT2D eigenvalue weighted by Crippen LogP contribution is 2.17. The maximum atomic E-state index is 12.2. The van der Waals surface area contributed by atoms with Crippen LogP contribution in [-0.4, -0.2) is 23.3 Å². The summed E-state index contributed by atoms with van der Waals surface area (Å²) in [6.45, 7) is 8.77. The Bertz CT molecular complexity index is 734. The summed E-state index contributed by atoms with van der Waals surface area (Å²) in [6, 6.07) is 16.0. The van der Waals surface area contributed by atoms with E-state index in [0.717, 1.165) is 11.3 Å². The molecular formula is C22H28N2O2. The van der Waals surface area contributed by atoms with E-state index in [1.807, 2.05) is 55.5 Å². The van der Waals surface area contributed by atoms with Crippen molar-refractivity contribution in [2.75, 3.05) is 11.9 Å². The van der Waals surface area contributed by atoms with Gasteiger partial charge >= 0.3 is 0 Å². The van der Waals surface area contributed by atoms with Crippen molar-refractivity contribution in [1.82, 2.24) is 4.90 Å². The van der Waals surface area contributed by atoms with Crippen LogP contribution >= 0.6 is 0 Å². The smallest absolute Gasteiger partial charge is 0.226 e. The molecule has 0 aromatic heterocycles. The molecule has 2 amide bonds. The third kappa shape index (κ3) is 6.03. The van der Waals surface area contributed by atoms with Gasteiger partial charge in [0, 0.05) is 32.1 Å². The van der Waals surface area contributed by atoms with Gasteiger partial charge in [-0.2, -0.15) is 0 Å². The summed E-state index contributed by atoms with van der Waals surface area (Å²) in [7, 11) is 0. The van der Waals surface area contributed by atoms with Crippen LogP contribution in [0.15, 0.2) is 48.5 Å². The van der Waals surface area contributed by atoms with Crippen molar-refractivity contribution in [2.24, 2.45) is 0 Å². The van der Waals surface area contributed by atoms with Crippen LogP contribution in [0.1, 0.15) is 49.8 Å². The highest BCUT2D eigenvalue weighted by Gasteiger charge is 2.12. The van der Waals surface area contributed by atoms with E-state index in [9.17, 15) is 9.59 Å². The van der Waals surface area contributed by atoms with Crippen LogP contribution in [0, 0.1) is 6.92 Å². The Morgan fingerprint density at radius 2 is 1.62 bits per heavy atom. The molecule has 0 aliphatic carbocycles. The maximum Gasteiger partial charge on any atom is 0.226 e. The molecule has 0 aliphatic heterocycles. The predicted octanol–water partition coefficient (Wildman–Crippen LogP) is 4.50. The lowest BCUT2D eigenvalue weighted by Crippen LogP contribution is -2.31. The first-order valence-corrected chi connectivity index (χ1v) is 9.06. The number of benzene rings is 2. The number of amides is 2. The topological polar surface area (TPSA) is 49.4 Å². The van der Waals surface area contributed by atoms with E-state index < -0.39 is 0 Å². The van der Waals surface area contributed by atoms with Crippen molar-refractivity contribution in [3.05, 3.63) is 65.2 Å². The molecule has 2 aromatic rings. The summed E-state index contributed by atoms with van der Waals surface area (Å²) in [6.07, 6.45) is 0.275. The van der Waals surface area contributed by atoms with Crippen molar-refractivity contribution in [1.29, 1.82) is 0 Å². The van der Waals surface area contributed by atoms with E-state index in [4.69, 9.17) is 0 Å². The highest BCUT2D eigenvalue weighted by atomic mass is 16.2. The van der Waals surface area contributed by atoms with Gasteiger partial charge in [0.25, 0.3) is 0 Å². The van der Waals surface area contributed by atoms with E-state index in [-0.39, 0.29) is 18.2 Å². The molecule has 0 spiro atoms. The van der Waals surface area contributed by atoms with Crippen molar-refractivity contribution in [2.45, 2.75) is 46.6 Å². The van der Waals surface area contributed by atoms with Gasteiger partial charge < -0.3 is 10.2 Å². The van der Waals surface area contributed by atoms with Gasteiger partial charge in [0.15, 0.2) is 0 Å². The van der Waals surface area contributed by atoms with Crippen molar-refractivity contribution in [3.8, 4) is 0 Å². The van der Waals surface area contributed by atoms with Crippen LogP contribution in [0.2, 0.25) is 0 Å². The standard InChI is InChI=1S/C22H28N2O2/c1-16(2)20-9-11-21(12-10-20)23-22(26)13-14-24(18(4)25)15-19-7-5-17(3)6-8-19/h5-12,16H,13-15H2,1-4H3,(H,23,26). The second-order valence-electron chi connectivity index (χ2n) is 7.00. The van der Waals surface area contributed by atoms with Gasteiger partial charge in [-0.1, -0.05) is 55.8 Å². The van der Waals surface area contributed by atoms with E-state index in [0.29, 0.717) is 19.0 Å². The van der Waals surface area contributed by atoms with E-state index in [1.165, 1.54) is 18.1 Å². The minimum absolute atomic E-state index is 0.0281. The molecule has 26 heavy (non-hydrogen) atoms. The second kappa shape index (κ2) is 9.18. The maximum absolute atomic E-state index is 12.2. The third-order valence-corrected chi connectivity index (χ3v) is 4.41. The van der Waals surface area contributed by atoms with Gasteiger partial charge in [-0.05, 0) is 36.1 Å². The number of aryl methyl sites for hydroxylation is 1. The fourth-order valence-corrected chi connectivity index (χ4v) is 2.67. The molecule has 138 valence electrons. The first kappa shape index (κ1) is 19.7. The molecule has 4 nitrogen and oxygen atoms in total. The van der Waals surface area contributed by atoms with Crippen LogP contribution in [0.3, 0.4) is 0 Å². The van der Waals surface area contributed by atoms with Crippen LogP contribution < -0.4 is 5.32 Å². The summed E-state index contributed by atoms with van der Waals surface area (Å²) in [5.41, 5.74) is 4.28. The lowest BCUT2D eigenvalue weighted by Gasteiger charge is -2.21. The van der Waals surface area contributed by atoms with Gasteiger partial charge in [-0.25, -0.2) is 0 Å². The zero-order valence-electron chi connectivity index (χ0n) is 16.1. The van der Waals surface area contributed by atoms with Gasteiger partial charge in [0.05, 0.1) is 0 Å². The lowest BCUT2D eigenvalue weighted by molar-refractivity contribution is -0.129. The molecule has 0 aliphatic rings. The summed E-state index contributed by atoms with van der Waals surface area (Å²) < 4.78 is 0. The first-order valence-electron chi connectivity index (χ1n) is 9.06. The molecule has 0 bridgehead atoms. The molecule has 0 heterocycles. The third-order valence-electron chi connectivity index (χ3n) is 4.41. The predicted molar refractivity (Wildman–Crippen MR) is 106 cm³/mol. The SMILES string of the molecule is CC(=O)N(CCC(=O)Nc1ccc(C(C)C)cc1)Cc1ccc(C)cc1. The number of carbonyl (C=O) groups excluding carboxylic acids is 2. The fraction of sp³-hybridized carbons (Fsp3) is 0.364. The molecule has 4 heteroatoms. The Balaban J connectivity index is 1.88. The molecule has 0 fully saturated rings. The Morgan fingerprint density at radius 1 is 1.00 bits per heavy atom. The van der Waals surface area contributed by atoms with Crippen molar-refractivity contribution in [3.63, 3.8) is 0 Å². The Morgan fingerprint density at radius 3 is 2.15 bits per heavy atom. The quantitative estimate of drug-likeness (QED) is 0.798. The van der Waals surface area contributed by atoms with Crippen LogP contribution in [-0.2, 0) is 16.1 Å². The zero-order valence-corrected chi connectivity index (χ0v) is 16.1. The van der Waals surface area contributed by atoms with E-state index >= 15 is 0 Å². The lowest BCUT2D eigenvalue weighted by atomic mass is 10.0. The van der Waals surface area contributed by atoms with E-state index in [2.05, 4.69) is 19.2 Å². The summed E-state index contributed by atoms with van der Waals surface area (Å²) in [5.74, 6) is 0.350. The van der Waals surface area contributed by atoms with Crippen LogP contribution in [0.25, 0.3) is 0 Å². The Kier molecular flexibility index (Phi) is 6.96. The molecule has 2 aromatic carbocycles. The summed E-state index contributed by atoms with van der Waals surface area (Å²) in [4.78, 5) is 25.8. The van der Waals surface area contributed by atoms with Gasteiger partial charge in [-0.3, -0.25) is 9.59 Å². The number of nitrogens with one attached hydrogen (secondary N) is 1. The monoisotopic (exact) mass is 352 g/mol. The molecule has 1 N–H and O–H groups in total. The van der Waals surface area contributed by atoms with Crippen molar-refractivity contribution < 1.29 is 9.59 Å². The molecule has 0 radical (unpaired) electrons. The minimum atomic E-state index is -0.0857. The average Bonchev–Trinajstić information content (AvgIpc) is 2.60. The number of anilines is 1. The number of hydrogen-bond donors (Lipinski definition) is 1. The molecule has 0 unspecified atom stereocenters. The summed E-state index contributed by atoms with van der Waals surface area (Å²) >= 11 is 0. The Labute approximate surface area is 156 Å². The van der Waals surface area contributed by atoms with Gasteiger partial charge in [0.2, 0.25) is 11.8 Å². The Hall–Kier alpha value is -2.62. The van der Waals surface area contributed by atoms with Crippen LogP contribution in [0.4, 0.5) is 5.69 Å². The fourth-order valence-electron chi connectivity index (χ4n) is 2.67.